The van der Waals surface area contributed by atoms with Crippen LogP contribution < -0.4 is 0 Å². The Labute approximate surface area is 164 Å². The number of rotatable bonds is 7. The van der Waals surface area contributed by atoms with E-state index < -0.39 is 12.1 Å². The number of benzene rings is 2. The Bertz CT molecular complexity index is 935. The number of Topliss-reactive ketones (excluding diaryl/α,β-unsaturated/α-hetero) is 1. The molecule has 0 saturated heterocycles. The first-order valence-electron chi connectivity index (χ1n) is 8.57. The second kappa shape index (κ2) is 8.56. The van der Waals surface area contributed by atoms with E-state index in [1.54, 1.807) is 36.4 Å². The summed E-state index contributed by atoms with van der Waals surface area (Å²) in [6.45, 7) is 0. The normalized spacial score (nSPS) is 11.6. The number of carbonyl (C=O) groups is 1. The van der Waals surface area contributed by atoms with Gasteiger partial charge in [-0.15, -0.1) is 0 Å². The van der Waals surface area contributed by atoms with E-state index >= 15 is 0 Å². The van der Waals surface area contributed by atoms with Crippen molar-refractivity contribution in [2.24, 2.45) is 0 Å². The summed E-state index contributed by atoms with van der Waals surface area (Å²) >= 11 is 5.83. The Morgan fingerprint density at radius 2 is 1.46 bits per heavy atom. The summed E-state index contributed by atoms with van der Waals surface area (Å²) in [5, 5.41) is 4.01. The van der Waals surface area contributed by atoms with E-state index in [0.717, 1.165) is 11.1 Å². The highest BCUT2D eigenvalue weighted by atomic mass is 35.5. The largest absolute Gasteiger partial charge is 0.471 e. The Kier molecular flexibility index (Phi) is 6.14. The third-order valence-electron chi connectivity index (χ3n) is 4.18. The van der Waals surface area contributed by atoms with Crippen LogP contribution in [0.3, 0.4) is 0 Å². The minimum atomic E-state index is -4.67. The molecule has 146 valence electrons. The van der Waals surface area contributed by atoms with Gasteiger partial charge in [0.2, 0.25) is 5.82 Å². The number of hydrogen-bond donors (Lipinski definition) is 0. The third kappa shape index (κ3) is 5.42. The smallest absolute Gasteiger partial charge is 0.329 e. The van der Waals surface area contributed by atoms with Gasteiger partial charge in [0.25, 0.3) is 0 Å². The Morgan fingerprint density at radius 1 is 0.929 bits per heavy atom. The molecule has 0 atom stereocenters. The molecule has 3 aromatic rings. The third-order valence-corrected chi connectivity index (χ3v) is 4.43. The first-order valence-corrected chi connectivity index (χ1v) is 8.95. The highest BCUT2D eigenvalue weighted by molar-refractivity contribution is 6.30. The first kappa shape index (κ1) is 20.1. The van der Waals surface area contributed by atoms with Crippen LogP contribution in [0, 0.1) is 0 Å². The molecule has 0 aliphatic carbocycles. The molecule has 2 aromatic carbocycles. The summed E-state index contributed by atoms with van der Waals surface area (Å²) in [4.78, 5) is 15.4. The fourth-order valence-electron chi connectivity index (χ4n) is 2.62. The average molecular weight is 409 g/mol. The van der Waals surface area contributed by atoms with E-state index in [4.69, 9.17) is 11.6 Å². The number of halogens is 4. The molecule has 0 spiro atoms. The topological polar surface area (TPSA) is 56.0 Å². The first-order chi connectivity index (χ1) is 13.3. The van der Waals surface area contributed by atoms with Crippen LogP contribution in [0.25, 0.3) is 11.4 Å². The van der Waals surface area contributed by atoms with Gasteiger partial charge < -0.3 is 4.52 Å². The second-order valence-electron chi connectivity index (χ2n) is 6.28. The predicted octanol–water partition coefficient (Wildman–Crippen LogP) is 5.54. The van der Waals surface area contributed by atoms with Crippen molar-refractivity contribution in [2.45, 2.75) is 31.9 Å². The standard InChI is InChI=1S/C20H16ClF3N2O2/c21-16-9-3-14(4-10-16)6-12-17(27)11-5-13-1-7-15(8-2-13)18-25-19(28-26-18)20(22,23)24/h1-4,7-10H,5-6,11-12H2. The lowest BCUT2D eigenvalue weighted by Crippen LogP contribution is -2.04. The lowest BCUT2D eigenvalue weighted by molar-refractivity contribution is -0.159. The molecule has 0 amide bonds. The van der Waals surface area contributed by atoms with Gasteiger partial charge >= 0.3 is 12.1 Å². The Hall–Kier alpha value is -2.67. The molecule has 0 radical (unpaired) electrons. The van der Waals surface area contributed by atoms with Crippen LogP contribution >= 0.6 is 11.6 Å². The molecule has 0 aliphatic rings. The van der Waals surface area contributed by atoms with Crippen molar-refractivity contribution >= 4 is 17.4 Å². The SMILES string of the molecule is O=C(CCc1ccc(Cl)cc1)CCc1ccc(-c2noc(C(F)(F)F)n2)cc1. The van der Waals surface area contributed by atoms with E-state index in [-0.39, 0.29) is 11.6 Å². The summed E-state index contributed by atoms with van der Waals surface area (Å²) < 4.78 is 41.8. The Morgan fingerprint density at radius 3 is 1.96 bits per heavy atom. The van der Waals surface area contributed by atoms with Gasteiger partial charge in [-0.1, -0.05) is 53.2 Å². The van der Waals surface area contributed by atoms with Crippen LogP contribution in [-0.4, -0.2) is 15.9 Å². The van der Waals surface area contributed by atoms with Crippen LogP contribution in [0.2, 0.25) is 5.02 Å². The van der Waals surface area contributed by atoms with Crippen LogP contribution in [0.15, 0.2) is 53.1 Å². The molecule has 1 aromatic heterocycles. The number of nitrogens with zero attached hydrogens (tertiary/aromatic N) is 2. The van der Waals surface area contributed by atoms with Gasteiger partial charge in [0.05, 0.1) is 0 Å². The van der Waals surface area contributed by atoms with Crippen LogP contribution in [-0.2, 0) is 23.8 Å². The van der Waals surface area contributed by atoms with E-state index in [2.05, 4.69) is 14.7 Å². The highest BCUT2D eigenvalue weighted by Crippen LogP contribution is 2.29. The van der Waals surface area contributed by atoms with Gasteiger partial charge in [-0.2, -0.15) is 18.2 Å². The number of alkyl halides is 3. The molecule has 0 saturated carbocycles. The maximum Gasteiger partial charge on any atom is 0.471 e. The lowest BCUT2D eigenvalue weighted by atomic mass is 10.0. The number of hydrogen-bond acceptors (Lipinski definition) is 4. The number of aromatic nitrogens is 2. The zero-order valence-corrected chi connectivity index (χ0v) is 15.4. The molecule has 28 heavy (non-hydrogen) atoms. The van der Waals surface area contributed by atoms with E-state index in [0.29, 0.717) is 36.3 Å². The van der Waals surface area contributed by atoms with Gasteiger partial charge in [-0.3, -0.25) is 4.79 Å². The zero-order valence-electron chi connectivity index (χ0n) is 14.7. The summed E-state index contributed by atoms with van der Waals surface area (Å²) in [5.41, 5.74) is 2.38. The summed E-state index contributed by atoms with van der Waals surface area (Å²) in [7, 11) is 0. The monoisotopic (exact) mass is 408 g/mol. The lowest BCUT2D eigenvalue weighted by Gasteiger charge is -2.04. The minimum absolute atomic E-state index is 0.127. The van der Waals surface area contributed by atoms with Crippen molar-refractivity contribution in [2.75, 3.05) is 0 Å². The highest BCUT2D eigenvalue weighted by Gasteiger charge is 2.38. The van der Waals surface area contributed by atoms with Crippen LogP contribution in [0.1, 0.15) is 29.9 Å². The number of ketones is 1. The fraction of sp³-hybridized carbons (Fsp3) is 0.250. The van der Waals surface area contributed by atoms with Gasteiger partial charge in [-0.05, 0) is 36.1 Å². The maximum absolute atomic E-state index is 12.5. The molecular formula is C20H16ClF3N2O2. The number of aryl methyl sites for hydroxylation is 2. The number of carbonyl (C=O) groups excluding carboxylic acids is 1. The van der Waals surface area contributed by atoms with E-state index in [1.807, 2.05) is 12.1 Å². The van der Waals surface area contributed by atoms with Gasteiger partial charge in [-0.25, -0.2) is 0 Å². The molecule has 0 bridgehead atoms. The minimum Gasteiger partial charge on any atom is -0.329 e. The van der Waals surface area contributed by atoms with E-state index in [9.17, 15) is 18.0 Å². The van der Waals surface area contributed by atoms with Gasteiger partial charge in [0.1, 0.15) is 5.78 Å². The van der Waals surface area contributed by atoms with Crippen molar-refractivity contribution in [3.63, 3.8) is 0 Å². The summed E-state index contributed by atoms with van der Waals surface area (Å²) in [5.74, 6) is -1.36. The van der Waals surface area contributed by atoms with Crippen LogP contribution in [0.4, 0.5) is 13.2 Å². The molecule has 0 N–H and O–H groups in total. The molecule has 1 heterocycles. The summed E-state index contributed by atoms with van der Waals surface area (Å²) in [6, 6.07) is 14.1. The van der Waals surface area contributed by atoms with Crippen molar-refractivity contribution in [3.8, 4) is 11.4 Å². The summed E-state index contributed by atoms with van der Waals surface area (Å²) in [6.07, 6.45) is -2.61. The predicted molar refractivity (Wildman–Crippen MR) is 97.8 cm³/mol. The van der Waals surface area contributed by atoms with Crippen molar-refractivity contribution in [1.29, 1.82) is 0 Å². The zero-order chi connectivity index (χ0) is 20.1. The van der Waals surface area contributed by atoms with Crippen molar-refractivity contribution in [3.05, 3.63) is 70.6 Å². The molecule has 8 heteroatoms. The quantitative estimate of drug-likeness (QED) is 0.514. The molecule has 0 unspecified atom stereocenters. The van der Waals surface area contributed by atoms with Crippen molar-refractivity contribution < 1.29 is 22.5 Å². The average Bonchev–Trinajstić information content (AvgIpc) is 3.17. The fourth-order valence-corrected chi connectivity index (χ4v) is 2.75. The van der Waals surface area contributed by atoms with Gasteiger partial charge in [0.15, 0.2) is 0 Å². The van der Waals surface area contributed by atoms with Crippen molar-refractivity contribution in [1.82, 2.24) is 10.1 Å². The maximum atomic E-state index is 12.5. The van der Waals surface area contributed by atoms with Crippen LogP contribution in [0.5, 0.6) is 0 Å². The molecule has 4 nitrogen and oxygen atoms in total. The molecular weight excluding hydrogens is 393 g/mol. The molecule has 0 fully saturated rings. The second-order valence-corrected chi connectivity index (χ2v) is 6.72. The van der Waals surface area contributed by atoms with E-state index in [1.165, 1.54) is 0 Å². The molecule has 3 rings (SSSR count). The van der Waals surface area contributed by atoms with Gasteiger partial charge in [0, 0.05) is 23.4 Å². The molecule has 0 aliphatic heterocycles. The Balaban J connectivity index is 1.50.